The molecule has 1 saturated carbocycles. The molecule has 1 aliphatic heterocycles. The monoisotopic (exact) mass is 890 g/mol. The van der Waals surface area contributed by atoms with E-state index >= 15 is 0 Å². The Morgan fingerprint density at radius 1 is 0.603 bits per heavy atom. The Labute approximate surface area is 320 Å². The molecule has 346 valence electrons. The Balaban J connectivity index is -0.000000868. The van der Waals surface area contributed by atoms with Gasteiger partial charge in [0.25, 0.3) is 0 Å². The molecule has 0 radical (unpaired) electrons. The fourth-order valence-electron chi connectivity index (χ4n) is 4.03. The van der Waals surface area contributed by atoms with Gasteiger partial charge in [-0.1, -0.05) is 26.7 Å². The van der Waals surface area contributed by atoms with Gasteiger partial charge in [0.15, 0.2) is 6.29 Å². The van der Waals surface area contributed by atoms with Crippen LogP contribution < -0.4 is 22.9 Å². The summed E-state index contributed by atoms with van der Waals surface area (Å²) in [6.45, 7) is 5.15. The second kappa shape index (κ2) is 26.7. The minimum absolute atomic E-state index is 0.0777. The van der Waals surface area contributed by atoms with Crippen molar-refractivity contribution in [1.82, 2.24) is 0 Å². The van der Waals surface area contributed by atoms with E-state index in [1.54, 1.807) is 0 Å². The fraction of sp³-hybridized carbons (Fsp3) is 0.857. The third-order valence-corrected chi connectivity index (χ3v) is 6.89. The van der Waals surface area contributed by atoms with Crippen molar-refractivity contribution in [3.63, 3.8) is 0 Å². The summed E-state index contributed by atoms with van der Waals surface area (Å²) < 4.78 is 150. The molecule has 1 saturated heterocycles. The number of halogens is 12. The van der Waals surface area contributed by atoms with Crippen molar-refractivity contribution in [3.05, 3.63) is 0 Å². The van der Waals surface area contributed by atoms with Crippen molar-refractivity contribution in [2.45, 2.75) is 132 Å². The Morgan fingerprint density at radius 2 is 0.914 bits per heavy atom. The molecule has 1 aliphatic carbocycles. The summed E-state index contributed by atoms with van der Waals surface area (Å²) in [4.78, 5) is 35.6. The third-order valence-electron chi connectivity index (χ3n) is 6.89. The van der Waals surface area contributed by atoms with Gasteiger partial charge in [-0.2, -0.15) is 52.7 Å². The molecule has 2 aliphatic rings. The number of aliphatic carboxylic acids is 4. The molecule has 2 fully saturated rings. The first-order valence-corrected chi connectivity index (χ1v) is 16.2. The molecule has 0 bridgehead atoms. The molecule has 0 spiro atoms. The number of hydrogen-bond donors (Lipinski definition) is 10. The van der Waals surface area contributed by atoms with Gasteiger partial charge in [0, 0.05) is 31.8 Å². The van der Waals surface area contributed by atoms with Crippen LogP contribution in [-0.2, 0) is 38.1 Å². The SMILES string of the molecule is CCCCO[C@@H]1[C@@H](N)[C@@H](O[C@H]2[C@H](O)[C@@H](OCCCC)[C@H](N)C[C@@H]2N)O[C@H](CN)[C@H]1O.O=C(O)C(F)(F)F.O=C(O)C(F)(F)F.O=C(O)C(F)(F)F.O=C(O)C(F)(F)F. The largest absolute Gasteiger partial charge is 0.490 e. The lowest BCUT2D eigenvalue weighted by molar-refractivity contribution is -0.294. The van der Waals surface area contributed by atoms with Gasteiger partial charge in [0.05, 0.1) is 6.04 Å². The van der Waals surface area contributed by atoms with Crippen LogP contribution in [0.15, 0.2) is 0 Å². The second-order valence-electron chi connectivity index (χ2n) is 11.6. The highest BCUT2D eigenvalue weighted by Crippen LogP contribution is 2.29. The third kappa shape index (κ3) is 23.9. The number of rotatable bonds is 11. The van der Waals surface area contributed by atoms with E-state index in [0.717, 1.165) is 25.7 Å². The molecule has 58 heavy (non-hydrogen) atoms. The zero-order valence-corrected chi connectivity index (χ0v) is 30.2. The number of aliphatic hydroxyl groups excluding tert-OH is 2. The first kappa shape index (κ1) is 59.0. The van der Waals surface area contributed by atoms with Crippen molar-refractivity contribution >= 4 is 23.9 Å². The van der Waals surface area contributed by atoms with Gasteiger partial charge >= 0.3 is 48.6 Å². The molecule has 2 rings (SSSR count). The molecule has 10 atom stereocenters. The molecule has 0 aromatic rings. The molecule has 0 aromatic carbocycles. The standard InChI is InChI=1S/C20H42N4O6.4C2HF3O2/c1-3-5-7-27-17-11(22)9-12(23)18(16(17)26)30-20-14(24)19(28-8-6-4-2)15(25)13(10-21)29-20;4*3-2(4,5)1(6)7/h11-20,25-26H,3-10,21-24H2,1-2H3;4*(H,6,7)/t11-,12+,13-,14-,15-,16-,17+,18-,19-,20-;;;;/m1..../s1. The summed E-state index contributed by atoms with van der Waals surface area (Å²) in [6.07, 6.45) is -22.0. The van der Waals surface area contributed by atoms with Crippen molar-refractivity contribution in [2.24, 2.45) is 22.9 Å². The predicted octanol–water partition coefficient (Wildman–Crippen LogP) is 1.07. The zero-order chi connectivity index (χ0) is 46.6. The van der Waals surface area contributed by atoms with E-state index in [0.29, 0.717) is 19.6 Å². The van der Waals surface area contributed by atoms with Crippen molar-refractivity contribution in [2.75, 3.05) is 19.8 Å². The lowest BCUT2D eigenvalue weighted by atomic mass is 9.84. The van der Waals surface area contributed by atoms with Crippen LogP contribution in [-0.4, -0.2) is 160 Å². The topological polar surface area (TPSA) is 331 Å². The van der Waals surface area contributed by atoms with Crippen LogP contribution in [0.3, 0.4) is 0 Å². The van der Waals surface area contributed by atoms with E-state index in [9.17, 15) is 62.9 Å². The second-order valence-corrected chi connectivity index (χ2v) is 11.6. The summed E-state index contributed by atoms with van der Waals surface area (Å²) in [7, 11) is 0. The minimum atomic E-state index is -5.08. The maximum absolute atomic E-state index is 10.9. The number of aliphatic hydroxyl groups is 2. The van der Waals surface area contributed by atoms with Gasteiger partial charge in [-0.05, 0) is 19.3 Å². The van der Waals surface area contributed by atoms with Crippen LogP contribution in [0.1, 0.15) is 46.0 Å². The van der Waals surface area contributed by atoms with Crippen molar-refractivity contribution in [3.8, 4) is 0 Å². The zero-order valence-electron chi connectivity index (χ0n) is 30.2. The summed E-state index contributed by atoms with van der Waals surface area (Å²) in [5.74, 6) is -11.0. The minimum Gasteiger partial charge on any atom is -0.475 e. The number of carboxylic acid groups (broad SMARTS) is 4. The van der Waals surface area contributed by atoms with Crippen LogP contribution in [0.5, 0.6) is 0 Å². The first-order chi connectivity index (χ1) is 26.1. The van der Waals surface area contributed by atoms with Gasteiger partial charge in [-0.15, -0.1) is 0 Å². The number of nitrogens with two attached hydrogens (primary N) is 4. The summed E-state index contributed by atoms with van der Waals surface area (Å²) in [5.41, 5.74) is 24.5. The number of hydrogen-bond acceptors (Lipinski definition) is 14. The van der Waals surface area contributed by atoms with Crippen molar-refractivity contribution < 1.29 is 121 Å². The lowest BCUT2D eigenvalue weighted by Gasteiger charge is -2.47. The van der Waals surface area contributed by atoms with Crippen molar-refractivity contribution in [1.29, 1.82) is 0 Å². The molecule has 0 amide bonds. The van der Waals surface area contributed by atoms with Gasteiger partial charge in [0.2, 0.25) is 0 Å². The molecule has 0 unspecified atom stereocenters. The quantitative estimate of drug-likeness (QED) is 0.102. The molecule has 0 aromatic heterocycles. The summed E-state index contributed by atoms with van der Waals surface area (Å²) >= 11 is 0. The van der Waals surface area contributed by atoms with E-state index < -0.39 is 110 Å². The molecule has 1 heterocycles. The summed E-state index contributed by atoms with van der Waals surface area (Å²) in [6, 6.07) is -1.68. The smallest absolute Gasteiger partial charge is 0.475 e. The van der Waals surface area contributed by atoms with Crippen LogP contribution in [0, 0.1) is 0 Å². The predicted molar refractivity (Wildman–Crippen MR) is 167 cm³/mol. The molecular formula is C28H46F12N4O14. The Bertz CT molecular complexity index is 1120. The van der Waals surface area contributed by atoms with E-state index in [-0.39, 0.29) is 6.54 Å². The fourth-order valence-corrected chi connectivity index (χ4v) is 4.03. The molecule has 14 N–H and O–H groups in total. The number of ether oxygens (including phenoxy) is 4. The van der Waals surface area contributed by atoms with Gasteiger partial charge in [-0.3, -0.25) is 0 Å². The lowest BCUT2D eigenvalue weighted by Crippen LogP contribution is -2.68. The van der Waals surface area contributed by atoms with Crippen LogP contribution in [0.2, 0.25) is 0 Å². The van der Waals surface area contributed by atoms with E-state index in [1.165, 1.54) is 0 Å². The number of carboxylic acids is 4. The highest BCUT2D eigenvalue weighted by Gasteiger charge is 2.49. The Hall–Kier alpha value is -3.36. The van der Waals surface area contributed by atoms with Crippen LogP contribution in [0.4, 0.5) is 52.7 Å². The highest BCUT2D eigenvalue weighted by molar-refractivity contribution is 5.74. The van der Waals surface area contributed by atoms with Gasteiger partial charge < -0.3 is 72.5 Å². The average Bonchev–Trinajstić information content (AvgIpc) is 3.06. The number of unbranched alkanes of at least 4 members (excludes halogenated alkanes) is 2. The summed E-state index contributed by atoms with van der Waals surface area (Å²) in [5, 5.41) is 49.9. The normalized spacial score (nSPS) is 27.4. The molecule has 30 heteroatoms. The van der Waals surface area contributed by atoms with Crippen LogP contribution >= 0.6 is 0 Å². The van der Waals surface area contributed by atoms with Crippen LogP contribution in [0.25, 0.3) is 0 Å². The Morgan fingerprint density at radius 3 is 1.21 bits per heavy atom. The Kier molecular flexibility index (Phi) is 27.1. The van der Waals surface area contributed by atoms with E-state index in [2.05, 4.69) is 6.92 Å². The molecule has 18 nitrogen and oxygen atoms in total. The number of carbonyl (C=O) groups is 4. The molecular weight excluding hydrogens is 844 g/mol. The van der Waals surface area contributed by atoms with Gasteiger partial charge in [0.1, 0.15) is 36.6 Å². The average molecular weight is 891 g/mol. The number of alkyl halides is 12. The maximum atomic E-state index is 10.9. The van der Waals surface area contributed by atoms with E-state index in [1.807, 2.05) is 6.92 Å². The first-order valence-electron chi connectivity index (χ1n) is 16.2. The van der Waals surface area contributed by atoms with Gasteiger partial charge in [-0.25, -0.2) is 19.2 Å². The van der Waals surface area contributed by atoms with E-state index in [4.69, 9.17) is 81.5 Å². The highest BCUT2D eigenvalue weighted by atomic mass is 19.4. The maximum Gasteiger partial charge on any atom is 0.490 e.